The van der Waals surface area contributed by atoms with Gasteiger partial charge in [-0.25, -0.2) is 0 Å². The van der Waals surface area contributed by atoms with E-state index >= 15 is 0 Å². The van der Waals surface area contributed by atoms with E-state index in [2.05, 4.69) is 158 Å². The molecule has 0 aliphatic heterocycles. The first kappa shape index (κ1) is 33.2. The summed E-state index contributed by atoms with van der Waals surface area (Å²) in [5.74, 6) is 0. The van der Waals surface area contributed by atoms with Crippen LogP contribution >= 0.6 is 25.5 Å². The molecule has 0 saturated heterocycles. The zero-order valence-electron chi connectivity index (χ0n) is 21.7. The van der Waals surface area contributed by atoms with Gasteiger partial charge in [-0.05, 0) is 41.5 Å². The van der Waals surface area contributed by atoms with E-state index < -0.39 is 7.92 Å². The zero-order chi connectivity index (χ0) is 27.1. The summed E-state index contributed by atoms with van der Waals surface area (Å²) in [7, 11) is 4.27. The molecule has 0 aliphatic rings. The van der Waals surface area contributed by atoms with E-state index in [1.807, 2.05) is 17.3 Å². The molecular formula is C33H37ClP2Ru. The second-order valence-corrected chi connectivity index (χ2v) is 12.6. The van der Waals surface area contributed by atoms with Crippen LogP contribution in [0.25, 0.3) is 0 Å². The van der Waals surface area contributed by atoms with Crippen molar-refractivity contribution in [2.24, 2.45) is 0 Å². The SMILES string of the molecule is C=C[CH]C=C.CCP(CC)c1ccccc1.[Cl][Ru].c1ccc(P(c2ccccc2)c2ccccc2)cc1. The average Bonchev–Trinajstić information content (AvgIpc) is 2.98. The van der Waals surface area contributed by atoms with E-state index in [0.29, 0.717) is 0 Å². The van der Waals surface area contributed by atoms with Crippen LogP contribution < -0.4 is 21.2 Å². The molecule has 0 nitrogen and oxygen atoms in total. The number of halogens is 1. The molecule has 194 valence electrons. The Hall–Kier alpha value is -1.87. The number of allylic oxidation sites excluding steroid dienone is 2. The standard InChI is InChI=1S/C18H15P.C10H15P.C5H7.ClH.Ru/c1-4-10-16(11-5-1)19(17-12-6-2-7-13-17)18-14-8-3-9-15-18;1-3-11(4-2)10-8-6-5-7-9-10;1-3-5-4-2;;/h1-15H;5-9H,3-4H2,1-2H3;3-5H,1-2H2;1H;/q;;;;+1/p-1. The van der Waals surface area contributed by atoms with Gasteiger partial charge in [0.2, 0.25) is 0 Å². The fourth-order valence-corrected chi connectivity index (χ4v) is 7.58. The van der Waals surface area contributed by atoms with Crippen molar-refractivity contribution in [3.8, 4) is 0 Å². The van der Waals surface area contributed by atoms with E-state index in [1.165, 1.54) is 28.2 Å². The van der Waals surface area contributed by atoms with E-state index in [-0.39, 0.29) is 7.92 Å². The molecule has 4 heteroatoms. The quantitative estimate of drug-likeness (QED) is 0.135. The third-order valence-corrected chi connectivity index (χ3v) is 10.2. The number of hydrogen-bond donors (Lipinski definition) is 0. The molecule has 0 bridgehead atoms. The number of rotatable bonds is 8. The van der Waals surface area contributed by atoms with Crippen LogP contribution in [0.15, 0.2) is 147 Å². The Labute approximate surface area is 242 Å². The van der Waals surface area contributed by atoms with Crippen LogP contribution in [0.3, 0.4) is 0 Å². The first-order valence-corrected chi connectivity index (χ1v) is 17.5. The molecular weight excluding hydrogens is 595 g/mol. The van der Waals surface area contributed by atoms with Crippen LogP contribution in [0, 0.1) is 6.42 Å². The molecule has 4 aromatic rings. The topological polar surface area (TPSA) is 0 Å². The summed E-state index contributed by atoms with van der Waals surface area (Å²) in [6, 6.07) is 43.2. The van der Waals surface area contributed by atoms with Gasteiger partial charge >= 0.3 is 27.0 Å². The molecule has 0 unspecified atom stereocenters. The van der Waals surface area contributed by atoms with Crippen LogP contribution in [0.5, 0.6) is 0 Å². The van der Waals surface area contributed by atoms with Crippen molar-refractivity contribution >= 4 is 46.8 Å². The van der Waals surface area contributed by atoms with Gasteiger partial charge in [-0.15, -0.1) is 13.2 Å². The fraction of sp³-hybridized carbons (Fsp3) is 0.121. The molecule has 1 radical (unpaired) electrons. The van der Waals surface area contributed by atoms with Crippen LogP contribution in [0.1, 0.15) is 13.8 Å². The van der Waals surface area contributed by atoms with Gasteiger partial charge in [0.1, 0.15) is 0 Å². The Balaban J connectivity index is 0.000000323. The van der Waals surface area contributed by atoms with Crippen molar-refractivity contribution in [2.75, 3.05) is 12.3 Å². The van der Waals surface area contributed by atoms with Crippen LogP contribution in [0.2, 0.25) is 0 Å². The average molecular weight is 632 g/mol. The summed E-state index contributed by atoms with van der Waals surface area (Å²) in [6.07, 6.45) is 7.78. The maximum absolute atomic E-state index is 4.57. The summed E-state index contributed by atoms with van der Waals surface area (Å²) in [6.45, 7) is 11.4. The third-order valence-electron chi connectivity index (χ3n) is 5.20. The van der Waals surface area contributed by atoms with E-state index in [9.17, 15) is 0 Å². The Morgan fingerprint density at radius 2 is 0.811 bits per heavy atom. The van der Waals surface area contributed by atoms with Gasteiger partial charge in [-0.2, -0.15) is 0 Å². The van der Waals surface area contributed by atoms with E-state index in [0.717, 1.165) is 0 Å². The number of hydrogen-bond acceptors (Lipinski definition) is 0. The summed E-state index contributed by atoms with van der Waals surface area (Å²) in [5, 5.41) is 5.74. The molecule has 4 aromatic carbocycles. The minimum Gasteiger partial charge on any atom is -0.0622 e. The summed E-state index contributed by atoms with van der Waals surface area (Å²) in [4.78, 5) is 0. The molecule has 0 aliphatic carbocycles. The van der Waals surface area contributed by atoms with Crippen LogP contribution in [-0.4, -0.2) is 12.3 Å². The van der Waals surface area contributed by atoms with Gasteiger partial charge in [-0.1, -0.05) is 155 Å². The summed E-state index contributed by atoms with van der Waals surface area (Å²) < 4.78 is 0. The van der Waals surface area contributed by atoms with Gasteiger partial charge in [0.05, 0.1) is 0 Å². The maximum atomic E-state index is 4.57. The minimum absolute atomic E-state index is 0.149. The van der Waals surface area contributed by atoms with E-state index in [1.54, 1.807) is 23.9 Å². The Kier molecular flexibility index (Phi) is 19.8. The monoisotopic (exact) mass is 632 g/mol. The normalized spacial score (nSPS) is 9.57. The van der Waals surface area contributed by atoms with Crippen LogP contribution in [-0.2, 0) is 17.3 Å². The predicted octanol–water partition coefficient (Wildman–Crippen LogP) is 8.53. The Bertz CT molecular complexity index is 970. The van der Waals surface area contributed by atoms with Gasteiger partial charge in [0, 0.05) is 6.42 Å². The molecule has 0 aromatic heterocycles. The Morgan fingerprint density at radius 3 is 1.03 bits per heavy atom. The van der Waals surface area contributed by atoms with Gasteiger partial charge in [-0.3, -0.25) is 0 Å². The number of benzene rings is 4. The Morgan fingerprint density at radius 1 is 0.541 bits per heavy atom. The second kappa shape index (κ2) is 22.1. The fourth-order valence-electron chi connectivity index (χ4n) is 3.50. The third kappa shape index (κ3) is 13.0. The molecule has 0 amide bonds. The zero-order valence-corrected chi connectivity index (χ0v) is 26.0. The first-order valence-electron chi connectivity index (χ1n) is 12.2. The van der Waals surface area contributed by atoms with Gasteiger partial charge in [0.25, 0.3) is 0 Å². The van der Waals surface area contributed by atoms with Crippen molar-refractivity contribution in [3.05, 3.63) is 153 Å². The van der Waals surface area contributed by atoms with Gasteiger partial charge in [0.15, 0.2) is 0 Å². The van der Waals surface area contributed by atoms with Crippen LogP contribution in [0.4, 0.5) is 0 Å². The van der Waals surface area contributed by atoms with E-state index in [4.69, 9.17) is 0 Å². The summed E-state index contributed by atoms with van der Waals surface area (Å²) >= 11 is 1.82. The molecule has 37 heavy (non-hydrogen) atoms. The summed E-state index contributed by atoms with van der Waals surface area (Å²) in [5.41, 5.74) is 0. The van der Waals surface area contributed by atoms with Gasteiger partial charge < -0.3 is 0 Å². The predicted molar refractivity (Wildman–Crippen MR) is 170 cm³/mol. The largest absolute Gasteiger partial charge is 0.0622 e. The molecule has 0 saturated carbocycles. The van der Waals surface area contributed by atoms with Crippen molar-refractivity contribution < 1.29 is 17.3 Å². The first-order chi connectivity index (χ1) is 18.2. The smallest absolute Gasteiger partial charge is 0.0134 e. The maximum Gasteiger partial charge on any atom is -0.0134 e. The van der Waals surface area contributed by atoms with Crippen molar-refractivity contribution in [1.82, 2.24) is 0 Å². The molecule has 4 rings (SSSR count). The molecule has 0 spiro atoms. The molecule has 0 atom stereocenters. The van der Waals surface area contributed by atoms with Crippen molar-refractivity contribution in [1.29, 1.82) is 0 Å². The second-order valence-electron chi connectivity index (χ2n) is 7.51. The molecule has 0 heterocycles. The van der Waals surface area contributed by atoms with Crippen molar-refractivity contribution in [3.63, 3.8) is 0 Å². The van der Waals surface area contributed by atoms with Crippen molar-refractivity contribution in [2.45, 2.75) is 13.8 Å². The minimum atomic E-state index is -0.446. The molecule has 0 N–H and O–H groups in total. The molecule has 0 fully saturated rings.